The van der Waals surface area contributed by atoms with Crippen LogP contribution in [0.3, 0.4) is 0 Å². The maximum atomic E-state index is 12.5. The monoisotopic (exact) mass is 329 g/mol. The molecule has 0 aromatic carbocycles. The van der Waals surface area contributed by atoms with E-state index in [1.165, 1.54) is 11.3 Å². The normalized spacial score (nSPS) is 10.6. The summed E-state index contributed by atoms with van der Waals surface area (Å²) < 4.78 is 1.68. The van der Waals surface area contributed by atoms with Gasteiger partial charge in [-0.2, -0.15) is 5.10 Å². The molecule has 23 heavy (non-hydrogen) atoms. The Hall–Kier alpha value is -2.81. The number of aryl methyl sites for hydroxylation is 3. The largest absolute Gasteiger partial charge is 0.343 e. The van der Waals surface area contributed by atoms with Crippen molar-refractivity contribution < 1.29 is 4.79 Å². The molecule has 3 aromatic heterocycles. The van der Waals surface area contributed by atoms with E-state index in [1.54, 1.807) is 30.1 Å². The highest BCUT2D eigenvalue weighted by molar-refractivity contribution is 7.16. The van der Waals surface area contributed by atoms with Gasteiger partial charge >= 0.3 is 0 Å². The number of rotatable bonds is 4. The molecule has 3 aromatic rings. The molecule has 0 aliphatic heterocycles. The average molecular weight is 329 g/mol. The number of amides is 1. The van der Waals surface area contributed by atoms with Gasteiger partial charge in [-0.25, -0.2) is 15.0 Å². The molecule has 1 amide bonds. The van der Waals surface area contributed by atoms with E-state index in [1.807, 2.05) is 20.2 Å². The molecular weight excluding hydrogens is 314 g/mol. The maximum Gasteiger partial charge on any atom is 0.278 e. The molecule has 2 N–H and O–H groups in total. The second-order valence-electron chi connectivity index (χ2n) is 4.88. The van der Waals surface area contributed by atoms with E-state index in [9.17, 15) is 4.79 Å². The fourth-order valence-electron chi connectivity index (χ4n) is 1.98. The van der Waals surface area contributed by atoms with Crippen LogP contribution in [0.4, 0.5) is 16.5 Å². The smallest absolute Gasteiger partial charge is 0.278 e. The zero-order valence-electron chi connectivity index (χ0n) is 12.9. The molecule has 3 heterocycles. The molecule has 0 saturated carbocycles. The lowest BCUT2D eigenvalue weighted by atomic mass is 10.4. The summed E-state index contributed by atoms with van der Waals surface area (Å²) in [4.78, 5) is 24.9. The second kappa shape index (κ2) is 6.13. The Balaban J connectivity index is 1.83. The van der Waals surface area contributed by atoms with Gasteiger partial charge in [0.15, 0.2) is 5.69 Å². The summed E-state index contributed by atoms with van der Waals surface area (Å²) in [7, 11) is 1.83. The average Bonchev–Trinajstić information content (AvgIpc) is 3.05. The number of anilines is 3. The highest BCUT2D eigenvalue weighted by atomic mass is 32.1. The third-order valence-electron chi connectivity index (χ3n) is 2.93. The number of nitrogens with one attached hydrogen (secondary N) is 2. The number of carbonyl (C=O) groups excluding carboxylic acids is 1. The molecule has 118 valence electrons. The Bertz CT molecular complexity index is 854. The summed E-state index contributed by atoms with van der Waals surface area (Å²) in [5, 5.41) is 11.5. The first-order valence-electron chi connectivity index (χ1n) is 6.85. The Morgan fingerprint density at radius 2 is 2.13 bits per heavy atom. The third kappa shape index (κ3) is 3.51. The predicted molar refractivity (Wildman–Crippen MR) is 88.1 cm³/mol. The van der Waals surface area contributed by atoms with Gasteiger partial charge in [0, 0.05) is 19.4 Å². The molecule has 0 unspecified atom stereocenters. The van der Waals surface area contributed by atoms with Crippen molar-refractivity contribution in [1.82, 2.24) is 24.7 Å². The van der Waals surface area contributed by atoms with Crippen LogP contribution in [0.25, 0.3) is 0 Å². The van der Waals surface area contributed by atoms with Crippen LogP contribution in [0, 0.1) is 13.8 Å². The van der Waals surface area contributed by atoms with Crippen LogP contribution in [-0.4, -0.2) is 30.6 Å². The molecule has 3 rings (SSSR count). The highest BCUT2D eigenvalue weighted by Crippen LogP contribution is 2.28. The van der Waals surface area contributed by atoms with E-state index in [0.29, 0.717) is 22.3 Å². The minimum atomic E-state index is -0.321. The number of thiazole rings is 1. The van der Waals surface area contributed by atoms with Crippen molar-refractivity contribution in [3.63, 3.8) is 0 Å². The summed E-state index contributed by atoms with van der Waals surface area (Å²) >= 11 is 1.41. The fraction of sp³-hybridized carbons (Fsp3) is 0.214. The summed E-state index contributed by atoms with van der Waals surface area (Å²) in [6.45, 7) is 3.61. The van der Waals surface area contributed by atoms with Gasteiger partial charge in [0.2, 0.25) is 0 Å². The Labute approximate surface area is 136 Å². The number of hydrogen-bond donors (Lipinski definition) is 2. The molecule has 0 atom stereocenters. The van der Waals surface area contributed by atoms with Gasteiger partial charge in [-0.1, -0.05) is 0 Å². The van der Waals surface area contributed by atoms with Crippen LogP contribution in [0.2, 0.25) is 0 Å². The number of aromatic nitrogens is 5. The Kier molecular flexibility index (Phi) is 4.02. The van der Waals surface area contributed by atoms with Crippen LogP contribution in [0.15, 0.2) is 24.7 Å². The quantitative estimate of drug-likeness (QED) is 0.762. The van der Waals surface area contributed by atoms with Crippen LogP contribution >= 0.6 is 11.3 Å². The summed E-state index contributed by atoms with van der Waals surface area (Å²) in [6, 6.07) is 1.64. The van der Waals surface area contributed by atoms with Crippen molar-refractivity contribution in [2.75, 3.05) is 10.6 Å². The Morgan fingerprint density at radius 3 is 2.83 bits per heavy atom. The SMILES string of the molecule is Cc1nccc(NC(=O)c2nc(C)sc2Nc2cnn(C)c2)n1. The minimum Gasteiger partial charge on any atom is -0.343 e. The van der Waals surface area contributed by atoms with Crippen molar-refractivity contribution in [3.8, 4) is 0 Å². The van der Waals surface area contributed by atoms with E-state index in [2.05, 4.69) is 30.7 Å². The van der Waals surface area contributed by atoms with E-state index >= 15 is 0 Å². The van der Waals surface area contributed by atoms with E-state index in [0.717, 1.165) is 10.7 Å². The Morgan fingerprint density at radius 1 is 1.30 bits per heavy atom. The molecule has 9 heteroatoms. The van der Waals surface area contributed by atoms with Gasteiger partial charge in [-0.05, 0) is 19.9 Å². The zero-order chi connectivity index (χ0) is 16.4. The van der Waals surface area contributed by atoms with Gasteiger partial charge in [0.25, 0.3) is 5.91 Å². The van der Waals surface area contributed by atoms with Crippen LogP contribution in [0.5, 0.6) is 0 Å². The zero-order valence-corrected chi connectivity index (χ0v) is 13.7. The molecule has 0 fully saturated rings. The summed E-state index contributed by atoms with van der Waals surface area (Å²) in [5.74, 6) is 0.713. The van der Waals surface area contributed by atoms with E-state index in [4.69, 9.17) is 0 Å². The van der Waals surface area contributed by atoms with E-state index < -0.39 is 0 Å². The fourth-order valence-corrected chi connectivity index (χ4v) is 2.82. The number of hydrogen-bond acceptors (Lipinski definition) is 7. The van der Waals surface area contributed by atoms with Gasteiger partial charge in [0.1, 0.15) is 16.6 Å². The second-order valence-corrected chi connectivity index (χ2v) is 6.08. The van der Waals surface area contributed by atoms with Crippen molar-refractivity contribution in [2.45, 2.75) is 13.8 Å². The van der Waals surface area contributed by atoms with Crippen molar-refractivity contribution in [1.29, 1.82) is 0 Å². The number of carbonyl (C=O) groups is 1. The lowest BCUT2D eigenvalue weighted by Crippen LogP contribution is -2.15. The van der Waals surface area contributed by atoms with Crippen molar-refractivity contribution in [3.05, 3.63) is 41.2 Å². The summed E-state index contributed by atoms with van der Waals surface area (Å²) in [6.07, 6.45) is 5.11. The van der Waals surface area contributed by atoms with Gasteiger partial charge in [-0.3, -0.25) is 9.48 Å². The highest BCUT2D eigenvalue weighted by Gasteiger charge is 2.18. The summed E-state index contributed by atoms with van der Waals surface area (Å²) in [5.41, 5.74) is 1.12. The van der Waals surface area contributed by atoms with Crippen LogP contribution in [0.1, 0.15) is 21.3 Å². The lowest BCUT2D eigenvalue weighted by molar-refractivity contribution is 0.102. The lowest BCUT2D eigenvalue weighted by Gasteiger charge is -2.05. The van der Waals surface area contributed by atoms with Crippen molar-refractivity contribution in [2.24, 2.45) is 7.05 Å². The van der Waals surface area contributed by atoms with Gasteiger partial charge in [0.05, 0.1) is 16.9 Å². The first-order valence-corrected chi connectivity index (χ1v) is 7.67. The van der Waals surface area contributed by atoms with Crippen molar-refractivity contribution >= 4 is 33.8 Å². The van der Waals surface area contributed by atoms with Crippen LogP contribution in [-0.2, 0) is 7.05 Å². The predicted octanol–water partition coefficient (Wildman–Crippen LogP) is 2.28. The first kappa shape index (κ1) is 15.1. The molecule has 0 saturated heterocycles. The molecule has 0 bridgehead atoms. The minimum absolute atomic E-state index is 0.321. The molecule has 0 aliphatic carbocycles. The molecule has 8 nitrogen and oxygen atoms in total. The van der Waals surface area contributed by atoms with Crippen LogP contribution < -0.4 is 10.6 Å². The van der Waals surface area contributed by atoms with Gasteiger partial charge in [-0.15, -0.1) is 11.3 Å². The molecule has 0 spiro atoms. The molecule has 0 aliphatic rings. The molecule has 0 radical (unpaired) electrons. The topological polar surface area (TPSA) is 97.6 Å². The standard InChI is InChI=1S/C14H15N7OS/c1-8-15-5-4-11(17-8)20-13(22)12-14(23-9(2)18-12)19-10-6-16-21(3)7-10/h4-7,19H,1-3H3,(H,15,17,20,22). The third-order valence-corrected chi connectivity index (χ3v) is 3.82. The maximum absolute atomic E-state index is 12.5. The molecular formula is C14H15N7OS. The van der Waals surface area contributed by atoms with E-state index in [-0.39, 0.29) is 5.91 Å². The van der Waals surface area contributed by atoms with Gasteiger partial charge < -0.3 is 10.6 Å². The first-order chi connectivity index (χ1) is 11.0. The number of nitrogens with zero attached hydrogens (tertiary/aromatic N) is 5.